The largest absolute Gasteiger partial charge is 0.357 e. The van der Waals surface area contributed by atoms with E-state index in [1.807, 2.05) is 31.5 Å². The zero-order chi connectivity index (χ0) is 18.1. The molecule has 1 atom stereocenters. The minimum atomic E-state index is -2.98. The van der Waals surface area contributed by atoms with Gasteiger partial charge in [0.15, 0.2) is 15.8 Å². The Kier molecular flexibility index (Phi) is 7.30. The first-order valence-corrected chi connectivity index (χ1v) is 10.4. The first kappa shape index (κ1) is 19.3. The topological polar surface area (TPSA) is 105 Å². The highest BCUT2D eigenvalue weighted by atomic mass is 32.2. The molecule has 25 heavy (non-hydrogen) atoms. The van der Waals surface area contributed by atoms with Crippen LogP contribution in [0.15, 0.2) is 29.5 Å². The van der Waals surface area contributed by atoms with Gasteiger partial charge in [-0.05, 0) is 25.5 Å². The van der Waals surface area contributed by atoms with Crippen LogP contribution in [0.4, 0.5) is 0 Å². The normalized spacial score (nSPS) is 19.6. The van der Waals surface area contributed by atoms with Crippen LogP contribution in [0.1, 0.15) is 19.8 Å². The second-order valence-corrected chi connectivity index (χ2v) is 8.25. The van der Waals surface area contributed by atoms with Gasteiger partial charge < -0.3 is 20.5 Å². The van der Waals surface area contributed by atoms with Crippen LogP contribution < -0.4 is 16.0 Å². The summed E-state index contributed by atoms with van der Waals surface area (Å²) in [7, 11) is -2.98. The lowest BCUT2D eigenvalue weighted by atomic mass is 10.2. The van der Waals surface area contributed by atoms with E-state index in [9.17, 15) is 13.2 Å². The third-order valence-corrected chi connectivity index (χ3v) is 5.65. The van der Waals surface area contributed by atoms with Gasteiger partial charge in [0.25, 0.3) is 0 Å². The highest BCUT2D eigenvalue weighted by molar-refractivity contribution is 7.91. The molecule has 0 radical (unpaired) electrons. The van der Waals surface area contributed by atoms with E-state index in [1.54, 1.807) is 0 Å². The molecular weight excluding hydrogens is 342 g/mol. The Labute approximate surface area is 149 Å². The summed E-state index contributed by atoms with van der Waals surface area (Å²) >= 11 is 0. The van der Waals surface area contributed by atoms with Gasteiger partial charge in [0, 0.05) is 44.5 Å². The molecule has 3 N–H and O–H groups in total. The number of hydrogen-bond donors (Lipinski definition) is 3. The maximum absolute atomic E-state index is 11.9. The van der Waals surface area contributed by atoms with Crippen molar-refractivity contribution in [2.75, 3.05) is 31.1 Å². The number of guanidine groups is 1. The van der Waals surface area contributed by atoms with Gasteiger partial charge in [-0.25, -0.2) is 8.42 Å². The number of rotatable bonds is 8. The maximum Gasteiger partial charge on any atom is 0.222 e. The molecule has 0 saturated carbocycles. The van der Waals surface area contributed by atoms with Crippen molar-refractivity contribution in [1.82, 2.24) is 20.5 Å². The zero-order valence-corrected chi connectivity index (χ0v) is 15.4. The van der Waals surface area contributed by atoms with Crippen LogP contribution in [0.2, 0.25) is 0 Å². The fourth-order valence-corrected chi connectivity index (χ4v) is 4.32. The molecule has 1 fully saturated rings. The van der Waals surface area contributed by atoms with E-state index < -0.39 is 9.84 Å². The van der Waals surface area contributed by atoms with Crippen LogP contribution in [0.5, 0.6) is 0 Å². The smallest absolute Gasteiger partial charge is 0.222 e. The Morgan fingerprint density at radius 2 is 2.04 bits per heavy atom. The average molecular weight is 369 g/mol. The molecule has 1 aromatic rings. The van der Waals surface area contributed by atoms with Crippen LogP contribution in [0.25, 0.3) is 0 Å². The number of carbonyl (C=O) groups excluding carboxylic acids is 1. The molecule has 8 nitrogen and oxygen atoms in total. The van der Waals surface area contributed by atoms with E-state index >= 15 is 0 Å². The summed E-state index contributed by atoms with van der Waals surface area (Å²) in [6, 6.07) is 3.70. The Morgan fingerprint density at radius 1 is 1.28 bits per heavy atom. The van der Waals surface area contributed by atoms with E-state index in [2.05, 4.69) is 25.5 Å². The second kappa shape index (κ2) is 9.45. The lowest BCUT2D eigenvalue weighted by Gasteiger charge is -2.12. The van der Waals surface area contributed by atoms with Gasteiger partial charge in [-0.15, -0.1) is 0 Å². The van der Waals surface area contributed by atoms with Crippen LogP contribution in [-0.2, 0) is 21.2 Å². The third-order valence-electron chi connectivity index (χ3n) is 3.88. The summed E-state index contributed by atoms with van der Waals surface area (Å²) in [5.41, 5.74) is 0. The van der Waals surface area contributed by atoms with E-state index in [4.69, 9.17) is 0 Å². The van der Waals surface area contributed by atoms with Crippen LogP contribution in [0.3, 0.4) is 0 Å². The molecule has 2 heterocycles. The van der Waals surface area contributed by atoms with Gasteiger partial charge in [-0.2, -0.15) is 0 Å². The standard InChI is InChI=1S/C16H27N5O3S/c1-2-17-16(19-8-11-21-9-3-4-10-21)18-7-5-15(22)20-14-6-12-25(23,24)13-14/h3-4,9-10,14H,2,5-8,11-13H2,1H3,(H,20,22)(H2,17,18,19). The van der Waals surface area contributed by atoms with Crippen molar-refractivity contribution in [3.8, 4) is 0 Å². The number of sulfone groups is 1. The number of amides is 1. The summed E-state index contributed by atoms with van der Waals surface area (Å²) in [6.07, 6.45) is 4.74. The summed E-state index contributed by atoms with van der Waals surface area (Å²) in [4.78, 5) is 16.3. The van der Waals surface area contributed by atoms with E-state index in [0.29, 0.717) is 18.9 Å². The fourth-order valence-electron chi connectivity index (χ4n) is 2.64. The van der Waals surface area contributed by atoms with Gasteiger partial charge >= 0.3 is 0 Å². The summed E-state index contributed by atoms with van der Waals surface area (Å²) in [5, 5.41) is 9.13. The molecular formula is C16H27N5O3S. The number of carbonyl (C=O) groups is 1. The van der Waals surface area contributed by atoms with E-state index in [-0.39, 0.29) is 29.9 Å². The first-order valence-electron chi connectivity index (χ1n) is 8.61. The highest BCUT2D eigenvalue weighted by Gasteiger charge is 2.28. The predicted octanol–water partition coefficient (Wildman–Crippen LogP) is -0.263. The molecule has 1 aliphatic rings. The molecule has 0 aliphatic carbocycles. The Bertz CT molecular complexity index is 670. The van der Waals surface area contributed by atoms with Crippen molar-refractivity contribution in [1.29, 1.82) is 0 Å². The molecule has 1 amide bonds. The number of nitrogens with one attached hydrogen (secondary N) is 3. The Morgan fingerprint density at radius 3 is 2.68 bits per heavy atom. The second-order valence-electron chi connectivity index (χ2n) is 6.03. The summed E-state index contributed by atoms with van der Waals surface area (Å²) in [5.74, 6) is 0.720. The molecule has 0 aromatic carbocycles. The molecule has 9 heteroatoms. The van der Waals surface area contributed by atoms with Gasteiger partial charge in [0.2, 0.25) is 5.91 Å². The monoisotopic (exact) mass is 369 g/mol. The van der Waals surface area contributed by atoms with Crippen molar-refractivity contribution >= 4 is 21.7 Å². The average Bonchev–Trinajstić information content (AvgIpc) is 3.17. The quantitative estimate of drug-likeness (QED) is 0.432. The lowest BCUT2D eigenvalue weighted by Crippen LogP contribution is -2.39. The van der Waals surface area contributed by atoms with Gasteiger partial charge in [-0.1, -0.05) is 0 Å². The summed E-state index contributed by atoms with van der Waals surface area (Å²) in [6.45, 7) is 4.63. The first-order chi connectivity index (χ1) is 12.0. The van der Waals surface area contributed by atoms with Crippen molar-refractivity contribution < 1.29 is 13.2 Å². The zero-order valence-electron chi connectivity index (χ0n) is 14.6. The predicted molar refractivity (Wildman–Crippen MR) is 98.2 cm³/mol. The van der Waals surface area contributed by atoms with Crippen molar-refractivity contribution in [2.24, 2.45) is 4.99 Å². The van der Waals surface area contributed by atoms with E-state index in [0.717, 1.165) is 19.6 Å². The highest BCUT2D eigenvalue weighted by Crippen LogP contribution is 2.11. The minimum Gasteiger partial charge on any atom is -0.357 e. The number of aliphatic imine (C=N–C) groups is 1. The van der Waals surface area contributed by atoms with E-state index in [1.165, 1.54) is 0 Å². The Hall–Kier alpha value is -2.03. The molecule has 140 valence electrons. The molecule has 1 aliphatic heterocycles. The molecule has 0 bridgehead atoms. The maximum atomic E-state index is 11.9. The molecule has 1 aromatic heterocycles. The Balaban J connectivity index is 1.69. The lowest BCUT2D eigenvalue weighted by molar-refractivity contribution is -0.121. The van der Waals surface area contributed by atoms with Crippen LogP contribution in [-0.4, -0.2) is 62.0 Å². The van der Waals surface area contributed by atoms with Crippen LogP contribution in [0, 0.1) is 0 Å². The van der Waals surface area contributed by atoms with Crippen LogP contribution >= 0.6 is 0 Å². The van der Waals surface area contributed by atoms with Crippen molar-refractivity contribution in [2.45, 2.75) is 32.4 Å². The molecule has 2 rings (SSSR count). The third kappa shape index (κ3) is 7.16. The number of nitrogens with zero attached hydrogens (tertiary/aromatic N) is 2. The number of hydrogen-bond acceptors (Lipinski definition) is 4. The molecule has 1 unspecified atom stereocenters. The molecule has 1 saturated heterocycles. The number of aromatic nitrogens is 1. The SMILES string of the molecule is CCNC(=NCCC(=O)NC1CCS(=O)(=O)C1)NCCn1cccc1. The van der Waals surface area contributed by atoms with Gasteiger partial charge in [-0.3, -0.25) is 9.79 Å². The minimum absolute atomic E-state index is 0.0472. The molecule has 0 spiro atoms. The fraction of sp³-hybridized carbons (Fsp3) is 0.625. The van der Waals surface area contributed by atoms with Crippen molar-refractivity contribution in [3.63, 3.8) is 0 Å². The van der Waals surface area contributed by atoms with Gasteiger partial charge in [0.1, 0.15) is 0 Å². The van der Waals surface area contributed by atoms with Gasteiger partial charge in [0.05, 0.1) is 18.1 Å². The van der Waals surface area contributed by atoms with Crippen molar-refractivity contribution in [3.05, 3.63) is 24.5 Å². The summed E-state index contributed by atoms with van der Waals surface area (Å²) < 4.78 is 24.9.